The quantitative estimate of drug-likeness (QED) is 0.833. The third kappa shape index (κ3) is 3.54. The van der Waals surface area contributed by atoms with Gasteiger partial charge in [-0.3, -0.25) is 0 Å². The number of hydrogen-bond acceptors (Lipinski definition) is 3. The molecule has 2 N–H and O–H groups in total. The molecule has 0 aliphatic rings. The SMILES string of the molecule is CCC(C)(C)CNc1nc(NC)c(F)cc1F. The summed E-state index contributed by atoms with van der Waals surface area (Å²) in [7, 11) is 1.54. The van der Waals surface area contributed by atoms with Gasteiger partial charge in [-0.15, -0.1) is 0 Å². The van der Waals surface area contributed by atoms with E-state index in [1.165, 1.54) is 0 Å². The Balaban J connectivity index is 2.84. The van der Waals surface area contributed by atoms with Crippen molar-refractivity contribution in [2.45, 2.75) is 27.2 Å². The lowest BCUT2D eigenvalue weighted by atomic mass is 9.90. The second-order valence-corrected chi connectivity index (χ2v) is 4.77. The van der Waals surface area contributed by atoms with Crippen LogP contribution in [0.15, 0.2) is 6.07 Å². The molecule has 0 aliphatic carbocycles. The van der Waals surface area contributed by atoms with Gasteiger partial charge in [-0.05, 0) is 11.8 Å². The smallest absolute Gasteiger partial charge is 0.168 e. The van der Waals surface area contributed by atoms with Crippen LogP contribution in [0.25, 0.3) is 0 Å². The Morgan fingerprint density at radius 1 is 1.24 bits per heavy atom. The van der Waals surface area contributed by atoms with Crippen LogP contribution in [0.3, 0.4) is 0 Å². The van der Waals surface area contributed by atoms with E-state index in [2.05, 4.69) is 36.4 Å². The van der Waals surface area contributed by atoms with Crippen LogP contribution in [0.2, 0.25) is 0 Å². The number of nitrogens with zero attached hydrogens (tertiary/aromatic N) is 1. The second kappa shape index (κ2) is 5.29. The van der Waals surface area contributed by atoms with Crippen molar-refractivity contribution in [3.05, 3.63) is 17.7 Å². The zero-order valence-corrected chi connectivity index (χ0v) is 10.7. The average Bonchev–Trinajstić information content (AvgIpc) is 2.28. The van der Waals surface area contributed by atoms with Crippen LogP contribution in [0.4, 0.5) is 20.4 Å². The average molecular weight is 243 g/mol. The van der Waals surface area contributed by atoms with E-state index in [9.17, 15) is 8.78 Å². The maximum Gasteiger partial charge on any atom is 0.168 e. The minimum absolute atomic E-state index is 0.0440. The van der Waals surface area contributed by atoms with E-state index in [1.807, 2.05) is 0 Å². The molecule has 1 aromatic rings. The fraction of sp³-hybridized carbons (Fsp3) is 0.583. The molecule has 0 aromatic carbocycles. The Kier molecular flexibility index (Phi) is 4.26. The summed E-state index contributed by atoms with van der Waals surface area (Å²) in [5, 5.41) is 5.49. The van der Waals surface area contributed by atoms with Crippen molar-refractivity contribution in [2.24, 2.45) is 5.41 Å². The highest BCUT2D eigenvalue weighted by Crippen LogP contribution is 2.23. The monoisotopic (exact) mass is 243 g/mol. The van der Waals surface area contributed by atoms with Crippen LogP contribution in [-0.2, 0) is 0 Å². The lowest BCUT2D eigenvalue weighted by Gasteiger charge is -2.23. The summed E-state index contributed by atoms with van der Waals surface area (Å²) < 4.78 is 26.6. The molecule has 96 valence electrons. The molecule has 0 saturated carbocycles. The summed E-state index contributed by atoms with van der Waals surface area (Å²) in [6, 6.07) is 0.833. The molecule has 3 nitrogen and oxygen atoms in total. The van der Waals surface area contributed by atoms with Gasteiger partial charge in [-0.25, -0.2) is 13.8 Å². The zero-order chi connectivity index (χ0) is 13.1. The summed E-state index contributed by atoms with van der Waals surface area (Å²) in [6.45, 7) is 6.79. The van der Waals surface area contributed by atoms with Crippen molar-refractivity contribution in [1.29, 1.82) is 0 Å². The molecule has 0 spiro atoms. The van der Waals surface area contributed by atoms with Crippen molar-refractivity contribution < 1.29 is 8.78 Å². The first-order valence-corrected chi connectivity index (χ1v) is 5.67. The van der Waals surface area contributed by atoms with E-state index in [1.54, 1.807) is 7.05 Å². The Hall–Kier alpha value is -1.39. The van der Waals surface area contributed by atoms with Gasteiger partial charge in [0.25, 0.3) is 0 Å². The van der Waals surface area contributed by atoms with Gasteiger partial charge in [0, 0.05) is 19.7 Å². The lowest BCUT2D eigenvalue weighted by molar-refractivity contribution is 0.375. The lowest BCUT2D eigenvalue weighted by Crippen LogP contribution is -2.23. The zero-order valence-electron chi connectivity index (χ0n) is 10.7. The largest absolute Gasteiger partial charge is 0.371 e. The summed E-state index contributed by atoms with van der Waals surface area (Å²) in [4.78, 5) is 3.86. The van der Waals surface area contributed by atoms with Crippen LogP contribution >= 0.6 is 0 Å². The van der Waals surface area contributed by atoms with E-state index >= 15 is 0 Å². The minimum atomic E-state index is -0.690. The molecule has 1 rings (SSSR count). The van der Waals surface area contributed by atoms with Gasteiger partial charge >= 0.3 is 0 Å². The van der Waals surface area contributed by atoms with Gasteiger partial charge in [-0.1, -0.05) is 20.8 Å². The van der Waals surface area contributed by atoms with E-state index in [4.69, 9.17) is 0 Å². The molecule has 0 atom stereocenters. The van der Waals surface area contributed by atoms with E-state index in [-0.39, 0.29) is 17.1 Å². The first-order valence-electron chi connectivity index (χ1n) is 5.67. The fourth-order valence-corrected chi connectivity index (χ4v) is 1.21. The Morgan fingerprint density at radius 3 is 2.35 bits per heavy atom. The molecule has 0 aliphatic heterocycles. The molecule has 1 aromatic heterocycles. The standard InChI is InChI=1S/C12H19F2N3/c1-5-12(2,3)7-16-11-9(14)6-8(13)10(15-4)17-11/h6H,5,7H2,1-4H3,(H2,15,16,17). The highest BCUT2D eigenvalue weighted by molar-refractivity contribution is 5.47. The maximum absolute atomic E-state index is 13.5. The van der Waals surface area contributed by atoms with E-state index in [0.717, 1.165) is 12.5 Å². The molecule has 1 heterocycles. The van der Waals surface area contributed by atoms with Gasteiger partial charge in [-0.2, -0.15) is 0 Å². The van der Waals surface area contributed by atoms with Gasteiger partial charge in [0.1, 0.15) is 0 Å². The van der Waals surface area contributed by atoms with Crippen LogP contribution in [-0.4, -0.2) is 18.6 Å². The number of rotatable bonds is 5. The van der Waals surface area contributed by atoms with Crippen LogP contribution in [0.5, 0.6) is 0 Å². The highest BCUT2D eigenvalue weighted by Gasteiger charge is 2.17. The van der Waals surface area contributed by atoms with Crippen molar-refractivity contribution in [2.75, 3.05) is 24.2 Å². The number of aromatic nitrogens is 1. The molecule has 0 saturated heterocycles. The predicted molar refractivity (Wildman–Crippen MR) is 66.3 cm³/mol. The summed E-state index contributed by atoms with van der Waals surface area (Å²) in [5.74, 6) is -1.24. The van der Waals surface area contributed by atoms with Gasteiger partial charge in [0.2, 0.25) is 0 Å². The highest BCUT2D eigenvalue weighted by atomic mass is 19.1. The molecule has 0 unspecified atom stereocenters. The van der Waals surface area contributed by atoms with Gasteiger partial charge in [0.15, 0.2) is 23.3 Å². The molecule has 0 amide bonds. The Morgan fingerprint density at radius 2 is 1.82 bits per heavy atom. The first-order chi connectivity index (χ1) is 7.89. The van der Waals surface area contributed by atoms with Crippen molar-refractivity contribution >= 4 is 11.6 Å². The number of hydrogen-bond donors (Lipinski definition) is 2. The van der Waals surface area contributed by atoms with Crippen molar-refractivity contribution in [1.82, 2.24) is 4.98 Å². The summed E-state index contributed by atoms with van der Waals surface area (Å²) >= 11 is 0. The van der Waals surface area contributed by atoms with Gasteiger partial charge in [0.05, 0.1) is 0 Å². The molecule has 17 heavy (non-hydrogen) atoms. The second-order valence-electron chi connectivity index (χ2n) is 4.77. The fourth-order valence-electron chi connectivity index (χ4n) is 1.21. The van der Waals surface area contributed by atoms with E-state index < -0.39 is 11.6 Å². The van der Waals surface area contributed by atoms with Gasteiger partial charge < -0.3 is 10.6 Å². The predicted octanol–water partition coefficient (Wildman–Crippen LogP) is 3.25. The Labute approximate surface area is 101 Å². The van der Waals surface area contributed by atoms with E-state index in [0.29, 0.717) is 6.54 Å². The number of anilines is 2. The number of nitrogens with one attached hydrogen (secondary N) is 2. The third-order valence-corrected chi connectivity index (χ3v) is 2.86. The molecule has 0 fully saturated rings. The maximum atomic E-state index is 13.5. The normalized spacial score (nSPS) is 11.4. The van der Waals surface area contributed by atoms with Crippen LogP contribution in [0, 0.1) is 17.0 Å². The van der Waals surface area contributed by atoms with Crippen LogP contribution < -0.4 is 10.6 Å². The molecule has 0 bridgehead atoms. The van der Waals surface area contributed by atoms with Crippen molar-refractivity contribution in [3.63, 3.8) is 0 Å². The topological polar surface area (TPSA) is 37.0 Å². The molecular weight excluding hydrogens is 224 g/mol. The number of halogens is 2. The summed E-state index contributed by atoms with van der Waals surface area (Å²) in [5.41, 5.74) is 0.0440. The Bertz CT molecular complexity index is 392. The molecule has 0 radical (unpaired) electrons. The van der Waals surface area contributed by atoms with Crippen molar-refractivity contribution in [3.8, 4) is 0 Å². The number of pyridine rings is 1. The summed E-state index contributed by atoms with van der Waals surface area (Å²) in [6.07, 6.45) is 0.960. The minimum Gasteiger partial charge on any atom is -0.371 e. The van der Waals surface area contributed by atoms with Crippen LogP contribution in [0.1, 0.15) is 27.2 Å². The molecular formula is C12H19F2N3. The first kappa shape index (κ1) is 13.7. The third-order valence-electron chi connectivity index (χ3n) is 2.86. The molecule has 5 heteroatoms.